The van der Waals surface area contributed by atoms with Crippen molar-refractivity contribution in [3.8, 4) is 0 Å². The zero-order valence-corrected chi connectivity index (χ0v) is 22.9. The quantitative estimate of drug-likeness (QED) is 0.317. The summed E-state index contributed by atoms with van der Waals surface area (Å²) in [5, 5.41) is 4.80. The van der Waals surface area contributed by atoms with Crippen LogP contribution in [-0.4, -0.2) is 33.0 Å². The third-order valence-electron chi connectivity index (χ3n) is 5.27. The van der Waals surface area contributed by atoms with E-state index < -0.39 is 10.0 Å². The van der Waals surface area contributed by atoms with E-state index >= 15 is 0 Å². The number of hydrogen-bond donors (Lipinski definition) is 2. The van der Waals surface area contributed by atoms with Gasteiger partial charge in [0.25, 0.3) is 0 Å². The number of fused-ring (bicyclic) bond motifs is 1. The number of aromatic nitrogens is 1. The Morgan fingerprint density at radius 1 is 0.973 bits per heavy atom. The Morgan fingerprint density at radius 3 is 2.54 bits per heavy atom. The van der Waals surface area contributed by atoms with Crippen LogP contribution < -0.4 is 10.0 Å². The number of nitrogens with one attached hydrogen (secondary N) is 2. The minimum Gasteiger partial charge on any atom is -0.313 e. The van der Waals surface area contributed by atoms with Gasteiger partial charge in [-0.1, -0.05) is 104 Å². The standard InChI is InChI=1S/C22H25N3O2S.C7H8.C2H6/c26-28(27,22-12-5-11-20-18-24-17-13-21(20)22)25-16-7-15-23-14-6-10-19-8-3-1-2-4-9-19;1-7-5-3-2-4-6-7;1-2/h1,3-6,8-13,17-18,23,25H,2,7,14-16H2;2-6H,1H3;1-2H3/b10-6-;;. The lowest BCUT2D eigenvalue weighted by Gasteiger charge is -2.09. The molecule has 1 aromatic heterocycles. The van der Waals surface area contributed by atoms with Gasteiger partial charge in [-0.2, -0.15) is 0 Å². The van der Waals surface area contributed by atoms with Crippen molar-refractivity contribution in [3.63, 3.8) is 0 Å². The van der Waals surface area contributed by atoms with Crippen LogP contribution in [0.15, 0.2) is 120 Å². The molecule has 0 aliphatic heterocycles. The average molecular weight is 518 g/mol. The lowest BCUT2D eigenvalue weighted by molar-refractivity contribution is 0.577. The maximum atomic E-state index is 12.6. The lowest BCUT2D eigenvalue weighted by atomic mass is 10.2. The highest BCUT2D eigenvalue weighted by atomic mass is 32.2. The van der Waals surface area contributed by atoms with Crippen LogP contribution in [0.4, 0.5) is 0 Å². The summed E-state index contributed by atoms with van der Waals surface area (Å²) in [6, 6.07) is 17.2. The molecule has 1 heterocycles. The summed E-state index contributed by atoms with van der Waals surface area (Å²) in [5.74, 6) is 0. The first-order valence-electron chi connectivity index (χ1n) is 12.8. The van der Waals surface area contributed by atoms with Gasteiger partial charge in [0.15, 0.2) is 0 Å². The fourth-order valence-electron chi connectivity index (χ4n) is 3.45. The summed E-state index contributed by atoms with van der Waals surface area (Å²) < 4.78 is 27.9. The number of rotatable bonds is 9. The Kier molecular flexibility index (Phi) is 13.9. The van der Waals surface area contributed by atoms with Gasteiger partial charge in [0.05, 0.1) is 4.90 Å². The zero-order chi connectivity index (χ0) is 26.8. The highest BCUT2D eigenvalue weighted by Gasteiger charge is 2.16. The number of hydrogen-bond acceptors (Lipinski definition) is 4. The molecule has 0 atom stereocenters. The van der Waals surface area contributed by atoms with Crippen molar-refractivity contribution in [3.05, 3.63) is 121 Å². The van der Waals surface area contributed by atoms with E-state index in [1.54, 1.807) is 30.6 Å². The van der Waals surface area contributed by atoms with Gasteiger partial charge in [-0.25, -0.2) is 13.1 Å². The van der Waals surface area contributed by atoms with Crippen LogP contribution >= 0.6 is 0 Å². The Balaban J connectivity index is 0.000000455. The molecular weight excluding hydrogens is 478 g/mol. The molecule has 6 heteroatoms. The monoisotopic (exact) mass is 517 g/mol. The molecule has 2 N–H and O–H groups in total. The molecule has 1 aliphatic carbocycles. The molecule has 0 radical (unpaired) electrons. The molecule has 5 nitrogen and oxygen atoms in total. The SMILES string of the molecule is CC.Cc1ccccc1.O=S(=O)(NCCCNC/C=C\C1=CC=CCC=C1)c1cccc2cnccc12. The molecule has 0 saturated carbocycles. The van der Waals surface area contributed by atoms with Gasteiger partial charge >= 0.3 is 0 Å². The average Bonchev–Trinajstić information content (AvgIpc) is 3.21. The second-order valence-electron chi connectivity index (χ2n) is 8.10. The van der Waals surface area contributed by atoms with E-state index in [9.17, 15) is 8.42 Å². The van der Waals surface area contributed by atoms with Gasteiger partial charge < -0.3 is 5.32 Å². The minimum absolute atomic E-state index is 0.294. The van der Waals surface area contributed by atoms with E-state index in [1.807, 2.05) is 38.1 Å². The molecule has 0 saturated heterocycles. The minimum atomic E-state index is -3.54. The van der Waals surface area contributed by atoms with Crippen molar-refractivity contribution in [2.45, 2.75) is 38.5 Å². The fourth-order valence-corrected chi connectivity index (χ4v) is 4.75. The molecule has 0 bridgehead atoms. The summed E-state index contributed by atoms with van der Waals surface area (Å²) >= 11 is 0. The summed E-state index contributed by atoms with van der Waals surface area (Å²) in [6.07, 6.45) is 19.6. The zero-order valence-electron chi connectivity index (χ0n) is 22.1. The Labute approximate surface area is 222 Å². The number of pyridine rings is 1. The van der Waals surface area contributed by atoms with Gasteiger partial charge in [0.1, 0.15) is 0 Å². The molecule has 4 rings (SSSR count). The third kappa shape index (κ3) is 11.1. The first-order valence-corrected chi connectivity index (χ1v) is 14.3. The first-order chi connectivity index (χ1) is 18.1. The Morgan fingerprint density at radius 2 is 1.78 bits per heavy atom. The first kappa shape index (κ1) is 29.9. The topological polar surface area (TPSA) is 71.1 Å². The summed E-state index contributed by atoms with van der Waals surface area (Å²) in [7, 11) is -3.54. The molecule has 196 valence electrons. The van der Waals surface area contributed by atoms with E-state index in [0.29, 0.717) is 23.2 Å². The van der Waals surface area contributed by atoms with Gasteiger partial charge in [-0.15, -0.1) is 0 Å². The van der Waals surface area contributed by atoms with Crippen molar-refractivity contribution in [2.24, 2.45) is 0 Å². The number of allylic oxidation sites excluding steroid dienone is 7. The molecule has 3 aromatic rings. The normalized spacial score (nSPS) is 12.8. The molecule has 0 fully saturated rings. The fraction of sp³-hybridized carbons (Fsp3) is 0.258. The largest absolute Gasteiger partial charge is 0.313 e. The Bertz CT molecular complexity index is 1290. The maximum Gasteiger partial charge on any atom is 0.241 e. The van der Waals surface area contributed by atoms with Crippen LogP contribution in [0.3, 0.4) is 0 Å². The number of benzene rings is 2. The van der Waals surface area contributed by atoms with Crippen LogP contribution in [0.1, 0.15) is 32.3 Å². The van der Waals surface area contributed by atoms with Crippen LogP contribution in [-0.2, 0) is 10.0 Å². The van der Waals surface area contributed by atoms with Crippen LogP contribution in [0, 0.1) is 6.92 Å². The molecule has 1 aliphatic rings. The van der Waals surface area contributed by atoms with Crippen molar-refractivity contribution in [1.82, 2.24) is 15.0 Å². The van der Waals surface area contributed by atoms with Crippen molar-refractivity contribution in [1.29, 1.82) is 0 Å². The van der Waals surface area contributed by atoms with Crippen molar-refractivity contribution >= 4 is 20.8 Å². The van der Waals surface area contributed by atoms with E-state index in [4.69, 9.17) is 0 Å². The van der Waals surface area contributed by atoms with E-state index in [1.165, 1.54) is 11.1 Å². The molecule has 37 heavy (non-hydrogen) atoms. The number of aryl methyl sites for hydroxylation is 1. The smallest absolute Gasteiger partial charge is 0.241 e. The lowest BCUT2D eigenvalue weighted by Crippen LogP contribution is -2.27. The molecule has 0 unspecified atom stereocenters. The number of sulfonamides is 1. The van der Waals surface area contributed by atoms with Crippen LogP contribution in [0.2, 0.25) is 0 Å². The predicted octanol–water partition coefficient (Wildman–Crippen LogP) is 6.51. The van der Waals surface area contributed by atoms with Crippen molar-refractivity contribution < 1.29 is 8.42 Å². The third-order valence-corrected chi connectivity index (χ3v) is 6.79. The molecular formula is C31H39N3O2S. The van der Waals surface area contributed by atoms with Gasteiger partial charge in [0.2, 0.25) is 10.0 Å². The molecule has 2 aromatic carbocycles. The van der Waals surface area contributed by atoms with Crippen LogP contribution in [0.5, 0.6) is 0 Å². The number of nitrogens with zero attached hydrogens (tertiary/aromatic N) is 1. The van der Waals surface area contributed by atoms with Gasteiger partial charge in [0, 0.05) is 36.3 Å². The highest BCUT2D eigenvalue weighted by Crippen LogP contribution is 2.21. The second kappa shape index (κ2) is 17.2. The predicted molar refractivity (Wildman–Crippen MR) is 157 cm³/mol. The summed E-state index contributed by atoms with van der Waals surface area (Å²) in [5.41, 5.74) is 2.50. The van der Waals surface area contributed by atoms with Gasteiger partial charge in [-0.05, 0) is 44.0 Å². The van der Waals surface area contributed by atoms with E-state index in [-0.39, 0.29) is 0 Å². The highest BCUT2D eigenvalue weighted by molar-refractivity contribution is 7.89. The van der Waals surface area contributed by atoms with Crippen LogP contribution in [0.25, 0.3) is 10.8 Å². The molecule has 0 spiro atoms. The summed E-state index contributed by atoms with van der Waals surface area (Å²) in [4.78, 5) is 4.34. The second-order valence-corrected chi connectivity index (χ2v) is 9.83. The summed E-state index contributed by atoms with van der Waals surface area (Å²) in [6.45, 7) is 7.96. The molecule has 0 amide bonds. The van der Waals surface area contributed by atoms with E-state index in [2.05, 4.69) is 76.6 Å². The van der Waals surface area contributed by atoms with E-state index in [0.717, 1.165) is 24.9 Å². The maximum absolute atomic E-state index is 12.6. The van der Waals surface area contributed by atoms with Crippen molar-refractivity contribution in [2.75, 3.05) is 19.6 Å². The Hall–Kier alpha value is -3.32. The van der Waals surface area contributed by atoms with Gasteiger partial charge in [-0.3, -0.25) is 4.98 Å².